The van der Waals surface area contributed by atoms with E-state index in [1.807, 2.05) is 24.3 Å². The Bertz CT molecular complexity index is 801. The van der Waals surface area contributed by atoms with E-state index in [1.165, 1.54) is 12.3 Å². The van der Waals surface area contributed by atoms with E-state index in [0.29, 0.717) is 6.54 Å². The molecule has 1 aliphatic heterocycles. The van der Waals surface area contributed by atoms with Crippen molar-refractivity contribution in [1.82, 2.24) is 10.6 Å². The topological polar surface area (TPSA) is 91.6 Å². The van der Waals surface area contributed by atoms with E-state index >= 15 is 0 Å². The van der Waals surface area contributed by atoms with Crippen LogP contribution in [0.4, 0.5) is 5.69 Å². The van der Waals surface area contributed by atoms with Gasteiger partial charge >= 0.3 is 0 Å². The number of nitrogens with one attached hydrogen (secondary N) is 2. The first kappa shape index (κ1) is 17.7. The molecule has 3 amide bonds. The van der Waals surface area contributed by atoms with Gasteiger partial charge in [0.05, 0.1) is 12.8 Å². The monoisotopic (exact) mass is 355 g/mol. The Kier molecular flexibility index (Phi) is 5.36. The molecule has 2 N–H and O–H groups in total. The maximum Gasteiger partial charge on any atom is 0.287 e. The van der Waals surface area contributed by atoms with Crippen LogP contribution in [0.25, 0.3) is 0 Å². The summed E-state index contributed by atoms with van der Waals surface area (Å²) in [5, 5.41) is 5.09. The molecule has 1 aromatic heterocycles. The largest absolute Gasteiger partial charge is 0.459 e. The second-order valence-corrected chi connectivity index (χ2v) is 6.17. The fraction of sp³-hybridized carbons (Fsp3) is 0.316. The van der Waals surface area contributed by atoms with Crippen LogP contribution in [0.3, 0.4) is 0 Å². The molecule has 0 fully saturated rings. The van der Waals surface area contributed by atoms with Crippen LogP contribution < -0.4 is 15.5 Å². The summed E-state index contributed by atoms with van der Waals surface area (Å²) in [6, 6.07) is 10.2. The van der Waals surface area contributed by atoms with Gasteiger partial charge in [0.1, 0.15) is 6.04 Å². The maximum absolute atomic E-state index is 12.7. The number of anilines is 1. The van der Waals surface area contributed by atoms with Gasteiger partial charge in [-0.2, -0.15) is 0 Å². The van der Waals surface area contributed by atoms with Crippen molar-refractivity contribution in [2.24, 2.45) is 0 Å². The number of aryl methyl sites for hydroxylation is 1. The number of furan rings is 1. The number of carbonyl (C=O) groups excluding carboxylic acids is 3. The Morgan fingerprint density at radius 1 is 1.19 bits per heavy atom. The molecule has 1 atom stereocenters. The second-order valence-electron chi connectivity index (χ2n) is 6.17. The lowest BCUT2D eigenvalue weighted by Gasteiger charge is -2.31. The minimum absolute atomic E-state index is 0.131. The highest BCUT2D eigenvalue weighted by atomic mass is 16.3. The first-order chi connectivity index (χ1) is 12.6. The van der Waals surface area contributed by atoms with Gasteiger partial charge in [-0.3, -0.25) is 14.4 Å². The highest BCUT2D eigenvalue weighted by Crippen LogP contribution is 2.27. The summed E-state index contributed by atoms with van der Waals surface area (Å²) in [5.74, 6) is -0.945. The predicted molar refractivity (Wildman–Crippen MR) is 95.8 cm³/mol. The molecular formula is C19H21N3O4. The van der Waals surface area contributed by atoms with Crippen LogP contribution in [0.5, 0.6) is 0 Å². The molecule has 2 heterocycles. The number of hydrogen-bond donors (Lipinski definition) is 2. The van der Waals surface area contributed by atoms with Crippen LogP contribution in [0.15, 0.2) is 47.1 Å². The van der Waals surface area contributed by atoms with Crippen molar-refractivity contribution in [3.63, 3.8) is 0 Å². The van der Waals surface area contributed by atoms with Gasteiger partial charge in [-0.15, -0.1) is 0 Å². The van der Waals surface area contributed by atoms with Crippen LogP contribution >= 0.6 is 0 Å². The lowest BCUT2D eigenvalue weighted by atomic mass is 10.0. The summed E-state index contributed by atoms with van der Waals surface area (Å²) < 4.78 is 4.95. The Morgan fingerprint density at radius 2 is 2.00 bits per heavy atom. The molecule has 1 aromatic carbocycles. The highest BCUT2D eigenvalue weighted by Gasteiger charge is 2.27. The Hall–Kier alpha value is -3.09. The lowest BCUT2D eigenvalue weighted by molar-refractivity contribution is -0.126. The summed E-state index contributed by atoms with van der Waals surface area (Å²) in [6.07, 6.45) is 3.22. The molecule has 7 heteroatoms. The molecule has 0 radical (unpaired) electrons. The van der Waals surface area contributed by atoms with Gasteiger partial charge < -0.3 is 20.0 Å². The molecule has 0 spiro atoms. The number of rotatable bonds is 5. The Morgan fingerprint density at radius 3 is 2.77 bits per heavy atom. The minimum Gasteiger partial charge on any atom is -0.459 e. The molecule has 1 aliphatic rings. The van der Waals surface area contributed by atoms with Crippen molar-refractivity contribution in [3.8, 4) is 0 Å². The van der Waals surface area contributed by atoms with Gasteiger partial charge in [-0.1, -0.05) is 18.2 Å². The molecule has 7 nitrogen and oxygen atoms in total. The van der Waals surface area contributed by atoms with Gasteiger partial charge in [0, 0.05) is 12.2 Å². The average molecular weight is 355 g/mol. The van der Waals surface area contributed by atoms with Crippen LogP contribution in [0.1, 0.15) is 29.5 Å². The van der Waals surface area contributed by atoms with Crippen molar-refractivity contribution >= 4 is 23.4 Å². The number of para-hydroxylation sites is 1. The molecule has 0 aliphatic carbocycles. The van der Waals surface area contributed by atoms with E-state index < -0.39 is 17.9 Å². The zero-order valence-corrected chi connectivity index (χ0v) is 14.5. The molecule has 0 unspecified atom stereocenters. The van der Waals surface area contributed by atoms with Crippen LogP contribution in [-0.4, -0.2) is 36.9 Å². The van der Waals surface area contributed by atoms with Crippen molar-refractivity contribution in [2.75, 3.05) is 18.0 Å². The van der Waals surface area contributed by atoms with Crippen molar-refractivity contribution in [1.29, 1.82) is 0 Å². The van der Waals surface area contributed by atoms with Crippen molar-refractivity contribution in [3.05, 3.63) is 54.0 Å². The van der Waals surface area contributed by atoms with Crippen LogP contribution in [-0.2, 0) is 16.0 Å². The van der Waals surface area contributed by atoms with Crippen molar-refractivity contribution < 1.29 is 18.8 Å². The fourth-order valence-electron chi connectivity index (χ4n) is 3.01. The number of benzene rings is 1. The van der Waals surface area contributed by atoms with Crippen LogP contribution in [0, 0.1) is 0 Å². The highest BCUT2D eigenvalue weighted by molar-refractivity contribution is 6.00. The molecule has 26 heavy (non-hydrogen) atoms. The van der Waals surface area contributed by atoms with E-state index in [1.54, 1.807) is 17.9 Å². The van der Waals surface area contributed by atoms with Gasteiger partial charge in [0.15, 0.2) is 5.76 Å². The van der Waals surface area contributed by atoms with Crippen molar-refractivity contribution in [2.45, 2.75) is 25.8 Å². The third-order valence-electron chi connectivity index (χ3n) is 4.28. The van der Waals surface area contributed by atoms with Gasteiger partial charge in [0.25, 0.3) is 5.91 Å². The molecular weight excluding hydrogens is 334 g/mol. The smallest absolute Gasteiger partial charge is 0.287 e. The third-order valence-corrected chi connectivity index (χ3v) is 4.28. The molecule has 136 valence electrons. The fourth-order valence-corrected chi connectivity index (χ4v) is 3.01. The molecule has 0 saturated heterocycles. The Labute approximate surface area is 151 Å². The maximum atomic E-state index is 12.7. The number of amides is 3. The zero-order valence-electron chi connectivity index (χ0n) is 14.5. The summed E-state index contributed by atoms with van der Waals surface area (Å²) in [5.41, 5.74) is 2.03. The number of carbonyl (C=O) groups is 3. The summed E-state index contributed by atoms with van der Waals surface area (Å²) in [7, 11) is 0. The molecule has 0 bridgehead atoms. The summed E-state index contributed by atoms with van der Waals surface area (Å²) in [6.45, 7) is 2.05. The second kappa shape index (κ2) is 7.86. The first-order valence-corrected chi connectivity index (χ1v) is 8.56. The molecule has 2 aromatic rings. The van der Waals surface area contributed by atoms with E-state index in [0.717, 1.165) is 24.1 Å². The van der Waals surface area contributed by atoms with Crippen LogP contribution in [0.2, 0.25) is 0 Å². The normalized spacial score (nSPS) is 14.3. The summed E-state index contributed by atoms with van der Waals surface area (Å²) in [4.78, 5) is 38.2. The average Bonchev–Trinajstić information content (AvgIpc) is 3.20. The van der Waals surface area contributed by atoms with E-state index in [2.05, 4.69) is 10.6 Å². The number of nitrogens with zero attached hydrogens (tertiary/aromatic N) is 1. The van der Waals surface area contributed by atoms with E-state index in [-0.39, 0.29) is 18.2 Å². The first-order valence-electron chi connectivity index (χ1n) is 8.56. The van der Waals surface area contributed by atoms with E-state index in [4.69, 9.17) is 4.42 Å². The molecule has 0 saturated carbocycles. The Balaban J connectivity index is 1.54. The predicted octanol–water partition coefficient (Wildman–Crippen LogP) is 1.49. The lowest BCUT2D eigenvalue weighted by Crippen LogP contribution is -2.50. The molecule has 3 rings (SSSR count). The van der Waals surface area contributed by atoms with E-state index in [9.17, 15) is 14.4 Å². The van der Waals surface area contributed by atoms with Gasteiger partial charge in [-0.05, 0) is 43.5 Å². The minimum atomic E-state index is -0.686. The standard InChI is InChI=1S/C19H21N3O4/c1-13(21-17(23)12-20-18(24)16-9-5-11-26-16)19(25)22-10-4-7-14-6-2-3-8-15(14)22/h2-3,5-6,8-9,11,13H,4,7,10,12H2,1H3,(H,20,24)(H,21,23)/t13-/m0/s1. The number of hydrogen-bond acceptors (Lipinski definition) is 4. The number of fused-ring (bicyclic) bond motifs is 1. The quantitative estimate of drug-likeness (QED) is 0.850. The summed E-state index contributed by atoms with van der Waals surface area (Å²) >= 11 is 0. The third kappa shape index (κ3) is 3.93. The zero-order chi connectivity index (χ0) is 18.5. The van der Waals surface area contributed by atoms with Gasteiger partial charge in [-0.25, -0.2) is 0 Å². The van der Waals surface area contributed by atoms with Gasteiger partial charge in [0.2, 0.25) is 11.8 Å². The SMILES string of the molecule is C[C@H](NC(=O)CNC(=O)c1ccco1)C(=O)N1CCCc2ccccc21.